The molecule has 0 spiro atoms. The molecule has 0 saturated heterocycles. The van der Waals surface area contributed by atoms with Gasteiger partial charge in [0.15, 0.2) is 5.78 Å². The molecular formula is C18H17NO2. The van der Waals surface area contributed by atoms with Gasteiger partial charge in [-0.15, -0.1) is 0 Å². The average Bonchev–Trinajstić information content (AvgIpc) is 2.47. The molecule has 0 saturated carbocycles. The van der Waals surface area contributed by atoms with Crippen LogP contribution in [-0.4, -0.2) is 16.6 Å². The van der Waals surface area contributed by atoms with E-state index in [1.54, 1.807) is 6.92 Å². The van der Waals surface area contributed by atoms with Gasteiger partial charge < -0.3 is 5.11 Å². The van der Waals surface area contributed by atoms with E-state index in [-0.39, 0.29) is 11.5 Å². The lowest BCUT2D eigenvalue weighted by atomic mass is 9.93. The normalized spacial score (nSPS) is 16.6. The zero-order valence-electron chi connectivity index (χ0n) is 12.0. The van der Waals surface area contributed by atoms with Crippen LogP contribution in [0.25, 0.3) is 10.8 Å². The summed E-state index contributed by atoms with van der Waals surface area (Å²) >= 11 is 0. The van der Waals surface area contributed by atoms with E-state index in [2.05, 4.69) is 11.1 Å². The van der Waals surface area contributed by atoms with Gasteiger partial charge in [0.2, 0.25) is 0 Å². The standard InChI is InChI=1S/C18H17NO2/c1-12(18-16(20)7-4-8-17(18)21)19-15-10-9-13-5-2-3-6-14(13)11-15/h2-3,5-6,9-11,20H,4,7-8H2,1H3. The minimum absolute atomic E-state index is 0.0132. The summed E-state index contributed by atoms with van der Waals surface area (Å²) in [6, 6.07) is 14.0. The number of fused-ring (bicyclic) bond motifs is 1. The van der Waals surface area contributed by atoms with Gasteiger partial charge in [-0.2, -0.15) is 0 Å². The van der Waals surface area contributed by atoms with Crippen LogP contribution >= 0.6 is 0 Å². The van der Waals surface area contributed by atoms with E-state index in [0.717, 1.165) is 22.9 Å². The smallest absolute Gasteiger partial charge is 0.168 e. The molecule has 21 heavy (non-hydrogen) atoms. The molecule has 0 aromatic heterocycles. The summed E-state index contributed by atoms with van der Waals surface area (Å²) in [5.41, 5.74) is 1.78. The Morgan fingerprint density at radius 1 is 1.10 bits per heavy atom. The molecule has 1 N–H and O–H groups in total. The summed E-state index contributed by atoms with van der Waals surface area (Å²) in [6.07, 6.45) is 1.77. The van der Waals surface area contributed by atoms with Crippen LogP contribution in [0.3, 0.4) is 0 Å². The number of rotatable bonds is 2. The number of aliphatic hydroxyl groups excluding tert-OH is 1. The first-order valence-corrected chi connectivity index (χ1v) is 7.15. The largest absolute Gasteiger partial charge is 0.511 e. The first-order valence-electron chi connectivity index (χ1n) is 7.15. The van der Waals surface area contributed by atoms with E-state index in [0.29, 0.717) is 24.1 Å². The molecule has 0 atom stereocenters. The monoisotopic (exact) mass is 279 g/mol. The number of carbonyl (C=O) groups is 1. The maximum absolute atomic E-state index is 12.0. The highest BCUT2D eigenvalue weighted by Gasteiger charge is 2.22. The number of ketones is 1. The van der Waals surface area contributed by atoms with Crippen molar-refractivity contribution >= 4 is 28.0 Å². The number of allylic oxidation sites excluding steroid dienone is 2. The van der Waals surface area contributed by atoms with Crippen LogP contribution in [-0.2, 0) is 4.79 Å². The highest BCUT2D eigenvalue weighted by Crippen LogP contribution is 2.25. The van der Waals surface area contributed by atoms with Crippen LogP contribution in [0, 0.1) is 0 Å². The number of aliphatic imine (C=N–C) groups is 1. The predicted octanol–water partition coefficient (Wildman–Crippen LogP) is 4.50. The second kappa shape index (κ2) is 5.52. The van der Waals surface area contributed by atoms with Crippen LogP contribution in [0.4, 0.5) is 5.69 Å². The maximum Gasteiger partial charge on any atom is 0.168 e. The van der Waals surface area contributed by atoms with Crippen molar-refractivity contribution < 1.29 is 9.90 Å². The predicted molar refractivity (Wildman–Crippen MR) is 85.2 cm³/mol. The molecule has 3 nitrogen and oxygen atoms in total. The molecule has 106 valence electrons. The molecule has 0 unspecified atom stereocenters. The number of hydrogen-bond donors (Lipinski definition) is 1. The summed E-state index contributed by atoms with van der Waals surface area (Å²) in [5, 5.41) is 12.2. The van der Waals surface area contributed by atoms with Crippen LogP contribution in [0.5, 0.6) is 0 Å². The van der Waals surface area contributed by atoms with Gasteiger partial charge >= 0.3 is 0 Å². The summed E-state index contributed by atoms with van der Waals surface area (Å²) in [5.74, 6) is 0.161. The SMILES string of the molecule is CC(=Nc1ccc2ccccc2c1)C1=C(O)CCCC1=O. The number of Topliss-reactive ketones (excluding diaryl/α,β-unsaturated/α-hetero) is 1. The Balaban J connectivity index is 2.01. The molecule has 3 rings (SSSR count). The Bertz CT molecular complexity index is 772. The first-order chi connectivity index (χ1) is 10.1. The number of carbonyl (C=O) groups excluding carboxylic acids is 1. The van der Waals surface area contributed by atoms with E-state index in [1.165, 1.54) is 0 Å². The van der Waals surface area contributed by atoms with E-state index in [4.69, 9.17) is 0 Å². The van der Waals surface area contributed by atoms with Crippen LogP contribution < -0.4 is 0 Å². The molecule has 0 fully saturated rings. The highest BCUT2D eigenvalue weighted by atomic mass is 16.3. The number of hydrogen-bond acceptors (Lipinski definition) is 3. The number of aliphatic hydroxyl groups is 1. The Morgan fingerprint density at radius 3 is 2.62 bits per heavy atom. The molecule has 0 amide bonds. The first kappa shape index (κ1) is 13.6. The van der Waals surface area contributed by atoms with Gasteiger partial charge in [-0.1, -0.05) is 30.3 Å². The van der Waals surface area contributed by atoms with Gasteiger partial charge in [-0.3, -0.25) is 9.79 Å². The zero-order chi connectivity index (χ0) is 14.8. The molecular weight excluding hydrogens is 262 g/mol. The van der Waals surface area contributed by atoms with E-state index >= 15 is 0 Å². The fourth-order valence-electron chi connectivity index (χ4n) is 2.73. The van der Waals surface area contributed by atoms with Gasteiger partial charge in [0, 0.05) is 12.8 Å². The maximum atomic E-state index is 12.0. The van der Waals surface area contributed by atoms with Crippen molar-refractivity contribution in [3.8, 4) is 0 Å². The Morgan fingerprint density at radius 2 is 1.86 bits per heavy atom. The third-order valence-corrected chi connectivity index (χ3v) is 3.78. The second-order valence-corrected chi connectivity index (χ2v) is 5.33. The lowest BCUT2D eigenvalue weighted by Gasteiger charge is -2.14. The summed E-state index contributed by atoms with van der Waals surface area (Å²) in [6.45, 7) is 1.78. The molecule has 1 aliphatic carbocycles. The fourth-order valence-corrected chi connectivity index (χ4v) is 2.73. The summed E-state index contributed by atoms with van der Waals surface area (Å²) < 4.78 is 0. The summed E-state index contributed by atoms with van der Waals surface area (Å²) in [7, 11) is 0. The van der Waals surface area contributed by atoms with Gasteiger partial charge in [0.05, 0.1) is 17.0 Å². The zero-order valence-corrected chi connectivity index (χ0v) is 12.0. The number of benzene rings is 2. The molecule has 1 aliphatic rings. The van der Waals surface area contributed by atoms with Crippen molar-refractivity contribution in [2.24, 2.45) is 4.99 Å². The molecule has 0 bridgehead atoms. The molecule has 0 heterocycles. The van der Waals surface area contributed by atoms with E-state index < -0.39 is 0 Å². The van der Waals surface area contributed by atoms with Crippen LogP contribution in [0.15, 0.2) is 58.8 Å². The lowest BCUT2D eigenvalue weighted by Crippen LogP contribution is -2.17. The highest BCUT2D eigenvalue weighted by molar-refractivity contribution is 6.22. The minimum atomic E-state index is -0.0132. The van der Waals surface area contributed by atoms with Gasteiger partial charge in [-0.05, 0) is 36.2 Å². The van der Waals surface area contributed by atoms with Crippen molar-refractivity contribution in [3.63, 3.8) is 0 Å². The number of nitrogens with zero attached hydrogens (tertiary/aromatic N) is 1. The Labute approximate surface area is 123 Å². The van der Waals surface area contributed by atoms with Crippen molar-refractivity contribution in [1.29, 1.82) is 0 Å². The van der Waals surface area contributed by atoms with Crippen molar-refractivity contribution in [3.05, 3.63) is 53.8 Å². The Kier molecular flexibility index (Phi) is 3.57. The second-order valence-electron chi connectivity index (χ2n) is 5.33. The fraction of sp³-hybridized carbons (Fsp3) is 0.222. The molecule has 2 aromatic carbocycles. The van der Waals surface area contributed by atoms with E-state index in [1.807, 2.05) is 36.4 Å². The quantitative estimate of drug-likeness (QED) is 0.823. The molecule has 3 heteroatoms. The van der Waals surface area contributed by atoms with Crippen LogP contribution in [0.2, 0.25) is 0 Å². The van der Waals surface area contributed by atoms with Gasteiger partial charge in [0.1, 0.15) is 5.76 Å². The lowest BCUT2D eigenvalue weighted by molar-refractivity contribution is -0.115. The summed E-state index contributed by atoms with van der Waals surface area (Å²) in [4.78, 5) is 16.5. The average molecular weight is 279 g/mol. The Hall–Kier alpha value is -2.42. The molecule has 0 aliphatic heterocycles. The van der Waals surface area contributed by atoms with E-state index in [9.17, 15) is 9.90 Å². The third kappa shape index (κ3) is 2.72. The van der Waals surface area contributed by atoms with Crippen LogP contribution in [0.1, 0.15) is 26.2 Å². The molecule has 2 aromatic rings. The van der Waals surface area contributed by atoms with Crippen molar-refractivity contribution in [1.82, 2.24) is 0 Å². The van der Waals surface area contributed by atoms with Gasteiger partial charge in [0.25, 0.3) is 0 Å². The van der Waals surface area contributed by atoms with Crippen molar-refractivity contribution in [2.75, 3.05) is 0 Å². The van der Waals surface area contributed by atoms with Crippen molar-refractivity contribution in [2.45, 2.75) is 26.2 Å². The third-order valence-electron chi connectivity index (χ3n) is 3.78. The minimum Gasteiger partial charge on any atom is -0.511 e. The van der Waals surface area contributed by atoms with Gasteiger partial charge in [-0.25, -0.2) is 0 Å². The topological polar surface area (TPSA) is 49.7 Å². The molecule has 0 radical (unpaired) electrons.